The molecule has 4 nitrogen and oxygen atoms in total. The van der Waals surface area contributed by atoms with Crippen LogP contribution >= 0.6 is 0 Å². The van der Waals surface area contributed by atoms with E-state index in [0.717, 1.165) is 22.0 Å². The molecule has 0 saturated carbocycles. The zero-order chi connectivity index (χ0) is 13.9. The normalized spacial score (nSPS) is 10.9. The number of pyridine rings is 1. The quantitative estimate of drug-likeness (QED) is 0.791. The molecule has 4 heteroatoms. The molecule has 2 heterocycles. The van der Waals surface area contributed by atoms with Crippen molar-refractivity contribution in [1.29, 1.82) is 0 Å². The summed E-state index contributed by atoms with van der Waals surface area (Å²) in [5.41, 5.74) is 3.05. The fraction of sp³-hybridized carbons (Fsp3) is 0.188. The molecule has 0 saturated heterocycles. The Kier molecular flexibility index (Phi) is 3.39. The SMILES string of the molecule is COc1ncccc1Cn1cc(CO)c2ccccc21. The maximum atomic E-state index is 9.47. The van der Waals surface area contributed by atoms with Gasteiger partial charge in [-0.2, -0.15) is 0 Å². The predicted octanol–water partition coefficient (Wildman–Crippen LogP) is 2.59. The summed E-state index contributed by atoms with van der Waals surface area (Å²) in [7, 11) is 1.62. The number of ether oxygens (including phenoxy) is 1. The molecule has 1 aromatic carbocycles. The lowest BCUT2D eigenvalue weighted by atomic mass is 10.2. The van der Waals surface area contributed by atoms with Crippen LogP contribution in [-0.4, -0.2) is 21.8 Å². The first-order chi connectivity index (χ1) is 9.83. The van der Waals surface area contributed by atoms with Crippen molar-refractivity contribution in [3.63, 3.8) is 0 Å². The summed E-state index contributed by atoms with van der Waals surface area (Å²) in [6.07, 6.45) is 3.70. The summed E-state index contributed by atoms with van der Waals surface area (Å²) in [5, 5.41) is 10.5. The number of aromatic nitrogens is 2. The third-order valence-electron chi connectivity index (χ3n) is 3.43. The summed E-state index contributed by atoms with van der Waals surface area (Å²) in [6.45, 7) is 0.704. The Morgan fingerprint density at radius 2 is 2.00 bits per heavy atom. The second kappa shape index (κ2) is 5.35. The van der Waals surface area contributed by atoms with Crippen LogP contribution in [0.15, 0.2) is 48.8 Å². The molecule has 0 unspecified atom stereocenters. The molecule has 0 amide bonds. The molecule has 0 aliphatic heterocycles. The molecule has 0 radical (unpaired) electrons. The zero-order valence-electron chi connectivity index (χ0n) is 11.3. The molecule has 0 spiro atoms. The first-order valence-electron chi connectivity index (χ1n) is 6.49. The number of aliphatic hydroxyl groups is 1. The average Bonchev–Trinajstić information content (AvgIpc) is 2.86. The summed E-state index contributed by atoms with van der Waals surface area (Å²) < 4.78 is 7.40. The third kappa shape index (κ3) is 2.14. The molecule has 0 aliphatic carbocycles. The molecule has 0 fully saturated rings. The number of fused-ring (bicyclic) bond motifs is 1. The molecule has 1 N–H and O–H groups in total. The van der Waals surface area contributed by atoms with Gasteiger partial charge in [0.1, 0.15) is 0 Å². The Balaban J connectivity index is 2.07. The highest BCUT2D eigenvalue weighted by Gasteiger charge is 2.10. The minimum atomic E-state index is 0.0394. The van der Waals surface area contributed by atoms with Crippen molar-refractivity contribution >= 4 is 10.9 Å². The Hall–Kier alpha value is -2.33. The number of methoxy groups -OCH3 is 1. The van der Waals surface area contributed by atoms with Gasteiger partial charge in [-0.3, -0.25) is 0 Å². The number of nitrogens with zero attached hydrogens (tertiary/aromatic N) is 2. The monoisotopic (exact) mass is 268 g/mol. The molecular formula is C16H16N2O2. The lowest BCUT2D eigenvalue weighted by Gasteiger charge is -2.09. The van der Waals surface area contributed by atoms with Crippen molar-refractivity contribution in [3.05, 3.63) is 59.9 Å². The number of hydrogen-bond donors (Lipinski definition) is 1. The zero-order valence-corrected chi connectivity index (χ0v) is 11.3. The number of benzene rings is 1. The lowest BCUT2D eigenvalue weighted by Crippen LogP contribution is -2.01. The van der Waals surface area contributed by atoms with Crippen molar-refractivity contribution in [2.24, 2.45) is 0 Å². The summed E-state index contributed by atoms with van der Waals surface area (Å²) >= 11 is 0. The molecule has 3 aromatic rings. The number of para-hydroxylation sites is 1. The fourth-order valence-corrected chi connectivity index (χ4v) is 2.49. The van der Waals surface area contributed by atoms with Gasteiger partial charge in [-0.05, 0) is 12.1 Å². The van der Waals surface area contributed by atoms with E-state index in [4.69, 9.17) is 4.74 Å². The van der Waals surface area contributed by atoms with Crippen molar-refractivity contribution in [1.82, 2.24) is 9.55 Å². The molecule has 3 rings (SSSR count). The van der Waals surface area contributed by atoms with Crippen LogP contribution in [0, 0.1) is 0 Å². The average molecular weight is 268 g/mol. The van der Waals surface area contributed by atoms with Crippen LogP contribution in [0.5, 0.6) is 5.88 Å². The van der Waals surface area contributed by atoms with Gasteiger partial charge in [0, 0.05) is 34.4 Å². The summed E-state index contributed by atoms with van der Waals surface area (Å²) in [4.78, 5) is 4.22. The second-order valence-corrected chi connectivity index (χ2v) is 4.63. The van der Waals surface area contributed by atoms with Crippen LogP contribution < -0.4 is 4.74 Å². The van der Waals surface area contributed by atoms with Gasteiger partial charge in [-0.15, -0.1) is 0 Å². The maximum Gasteiger partial charge on any atom is 0.218 e. The minimum Gasteiger partial charge on any atom is -0.481 e. The van der Waals surface area contributed by atoms with E-state index in [0.29, 0.717) is 12.4 Å². The third-order valence-corrected chi connectivity index (χ3v) is 3.43. The second-order valence-electron chi connectivity index (χ2n) is 4.63. The number of aliphatic hydroxyl groups excluding tert-OH is 1. The van der Waals surface area contributed by atoms with Gasteiger partial charge in [0.2, 0.25) is 5.88 Å². The minimum absolute atomic E-state index is 0.0394. The van der Waals surface area contributed by atoms with Gasteiger partial charge >= 0.3 is 0 Å². The van der Waals surface area contributed by atoms with Gasteiger partial charge in [-0.25, -0.2) is 4.98 Å². The van der Waals surface area contributed by atoms with Gasteiger partial charge in [-0.1, -0.05) is 24.3 Å². The summed E-state index contributed by atoms with van der Waals surface area (Å²) in [6, 6.07) is 12.0. The van der Waals surface area contributed by atoms with Crippen molar-refractivity contribution in [2.45, 2.75) is 13.2 Å². The van der Waals surface area contributed by atoms with E-state index in [-0.39, 0.29) is 6.61 Å². The van der Waals surface area contributed by atoms with Gasteiger partial charge in [0.25, 0.3) is 0 Å². The van der Waals surface area contributed by atoms with Gasteiger partial charge in [0.05, 0.1) is 20.3 Å². The number of rotatable bonds is 4. The van der Waals surface area contributed by atoms with E-state index in [1.54, 1.807) is 13.3 Å². The molecule has 20 heavy (non-hydrogen) atoms. The van der Waals surface area contributed by atoms with E-state index in [2.05, 4.69) is 15.6 Å². The van der Waals surface area contributed by atoms with E-state index < -0.39 is 0 Å². The molecule has 0 bridgehead atoms. The molecular weight excluding hydrogens is 252 g/mol. The Labute approximate surface area is 117 Å². The largest absolute Gasteiger partial charge is 0.481 e. The Morgan fingerprint density at radius 3 is 2.80 bits per heavy atom. The maximum absolute atomic E-state index is 9.47. The molecule has 0 aliphatic rings. The van der Waals surface area contributed by atoms with E-state index in [1.165, 1.54) is 0 Å². The fourth-order valence-electron chi connectivity index (χ4n) is 2.49. The highest BCUT2D eigenvalue weighted by Crippen LogP contribution is 2.24. The van der Waals surface area contributed by atoms with E-state index in [9.17, 15) is 5.11 Å². The van der Waals surface area contributed by atoms with E-state index in [1.807, 2.05) is 36.5 Å². The van der Waals surface area contributed by atoms with Crippen LogP contribution in [-0.2, 0) is 13.2 Å². The molecule has 0 atom stereocenters. The van der Waals surface area contributed by atoms with Crippen LogP contribution in [0.3, 0.4) is 0 Å². The Morgan fingerprint density at radius 1 is 1.15 bits per heavy atom. The van der Waals surface area contributed by atoms with Gasteiger partial charge in [0.15, 0.2) is 0 Å². The molecule has 2 aromatic heterocycles. The molecule has 102 valence electrons. The van der Waals surface area contributed by atoms with E-state index >= 15 is 0 Å². The van der Waals surface area contributed by atoms with Crippen molar-refractivity contribution in [3.8, 4) is 5.88 Å². The van der Waals surface area contributed by atoms with Crippen LogP contribution in [0.2, 0.25) is 0 Å². The highest BCUT2D eigenvalue weighted by atomic mass is 16.5. The van der Waals surface area contributed by atoms with Crippen LogP contribution in [0.25, 0.3) is 10.9 Å². The Bertz CT molecular complexity index is 734. The van der Waals surface area contributed by atoms with Crippen LogP contribution in [0.4, 0.5) is 0 Å². The number of hydrogen-bond acceptors (Lipinski definition) is 3. The predicted molar refractivity (Wildman–Crippen MR) is 77.8 cm³/mol. The first kappa shape index (κ1) is 12.7. The van der Waals surface area contributed by atoms with Crippen molar-refractivity contribution < 1.29 is 9.84 Å². The highest BCUT2D eigenvalue weighted by molar-refractivity contribution is 5.83. The topological polar surface area (TPSA) is 47.3 Å². The standard InChI is InChI=1S/C16H16N2O2/c1-20-16-12(5-4-8-17-16)9-18-10-13(11-19)14-6-2-3-7-15(14)18/h2-8,10,19H,9,11H2,1H3. The van der Waals surface area contributed by atoms with Crippen molar-refractivity contribution in [2.75, 3.05) is 7.11 Å². The smallest absolute Gasteiger partial charge is 0.218 e. The van der Waals surface area contributed by atoms with Gasteiger partial charge < -0.3 is 14.4 Å². The lowest BCUT2D eigenvalue weighted by molar-refractivity contribution is 0.283. The first-order valence-corrected chi connectivity index (χ1v) is 6.49. The summed E-state index contributed by atoms with van der Waals surface area (Å²) in [5.74, 6) is 0.635. The van der Waals surface area contributed by atoms with Crippen LogP contribution in [0.1, 0.15) is 11.1 Å².